The molecule has 0 spiro atoms. The fourth-order valence-electron chi connectivity index (χ4n) is 2.39. The van der Waals surface area contributed by atoms with E-state index >= 15 is 0 Å². The number of nitrogens with zero attached hydrogens (tertiary/aromatic N) is 1. The third-order valence-electron chi connectivity index (χ3n) is 3.46. The lowest BCUT2D eigenvalue weighted by atomic mass is 9.94. The van der Waals surface area contributed by atoms with Gasteiger partial charge in [-0.1, -0.05) is 37.3 Å². The molecule has 2 rings (SSSR count). The molecule has 0 aliphatic carbocycles. The SMILES string of the molecule is CCCNC(c1ccccc1C)c1cccnc1C. The average Bonchev–Trinajstić information content (AvgIpc) is 2.42. The Morgan fingerprint density at radius 1 is 1.05 bits per heavy atom. The molecule has 2 nitrogen and oxygen atoms in total. The lowest BCUT2D eigenvalue weighted by molar-refractivity contribution is 0.592. The summed E-state index contributed by atoms with van der Waals surface area (Å²) in [5, 5.41) is 3.64. The monoisotopic (exact) mass is 254 g/mol. The summed E-state index contributed by atoms with van der Waals surface area (Å²) in [7, 11) is 0. The Bertz CT molecular complexity index is 489. The van der Waals surface area contributed by atoms with Crippen molar-refractivity contribution >= 4 is 0 Å². The quantitative estimate of drug-likeness (QED) is 0.878. The van der Waals surface area contributed by atoms with Crippen molar-refractivity contribution in [1.29, 1.82) is 0 Å². The number of pyridine rings is 1. The topological polar surface area (TPSA) is 24.9 Å². The van der Waals surface area contributed by atoms with Crippen molar-refractivity contribution in [3.8, 4) is 0 Å². The molecule has 2 aromatic rings. The maximum Gasteiger partial charge on any atom is 0.0597 e. The number of hydrogen-bond donors (Lipinski definition) is 1. The first-order valence-corrected chi connectivity index (χ1v) is 6.94. The number of aryl methyl sites for hydroxylation is 2. The molecule has 0 amide bonds. The molecule has 0 saturated heterocycles. The molecular weight excluding hydrogens is 232 g/mol. The van der Waals surface area contributed by atoms with Gasteiger partial charge >= 0.3 is 0 Å². The fraction of sp³-hybridized carbons (Fsp3) is 0.353. The Labute approximate surface area is 115 Å². The third kappa shape index (κ3) is 3.21. The third-order valence-corrected chi connectivity index (χ3v) is 3.46. The molecule has 1 heterocycles. The van der Waals surface area contributed by atoms with E-state index in [4.69, 9.17) is 0 Å². The van der Waals surface area contributed by atoms with Crippen LogP contribution in [0.5, 0.6) is 0 Å². The van der Waals surface area contributed by atoms with Gasteiger partial charge in [0.05, 0.1) is 6.04 Å². The van der Waals surface area contributed by atoms with Crippen molar-refractivity contribution in [1.82, 2.24) is 10.3 Å². The molecule has 0 aliphatic heterocycles. The smallest absolute Gasteiger partial charge is 0.0597 e. The second-order valence-electron chi connectivity index (χ2n) is 4.92. The van der Waals surface area contributed by atoms with Gasteiger partial charge in [-0.25, -0.2) is 0 Å². The molecule has 19 heavy (non-hydrogen) atoms. The summed E-state index contributed by atoms with van der Waals surface area (Å²) < 4.78 is 0. The zero-order valence-corrected chi connectivity index (χ0v) is 12.0. The molecule has 0 bridgehead atoms. The number of nitrogens with one attached hydrogen (secondary N) is 1. The number of hydrogen-bond acceptors (Lipinski definition) is 2. The second kappa shape index (κ2) is 6.48. The summed E-state index contributed by atoms with van der Waals surface area (Å²) in [6, 6.07) is 13.0. The molecule has 1 aromatic carbocycles. The number of rotatable bonds is 5. The van der Waals surface area contributed by atoms with Crippen LogP contribution in [-0.2, 0) is 0 Å². The molecule has 1 unspecified atom stereocenters. The summed E-state index contributed by atoms with van der Waals surface area (Å²) in [4.78, 5) is 4.42. The van der Waals surface area contributed by atoms with Crippen molar-refractivity contribution in [3.63, 3.8) is 0 Å². The Morgan fingerprint density at radius 3 is 2.47 bits per heavy atom. The van der Waals surface area contributed by atoms with E-state index < -0.39 is 0 Å². The van der Waals surface area contributed by atoms with Crippen LogP contribution >= 0.6 is 0 Å². The highest BCUT2D eigenvalue weighted by Gasteiger charge is 2.17. The van der Waals surface area contributed by atoms with E-state index in [0.29, 0.717) is 0 Å². The highest BCUT2D eigenvalue weighted by Crippen LogP contribution is 2.26. The molecule has 1 aromatic heterocycles. The first-order valence-electron chi connectivity index (χ1n) is 6.94. The van der Waals surface area contributed by atoms with Gasteiger partial charge in [0.1, 0.15) is 0 Å². The lowest BCUT2D eigenvalue weighted by Crippen LogP contribution is -2.24. The minimum absolute atomic E-state index is 0.231. The van der Waals surface area contributed by atoms with Crippen molar-refractivity contribution in [2.24, 2.45) is 0 Å². The minimum Gasteiger partial charge on any atom is -0.306 e. The average molecular weight is 254 g/mol. The van der Waals surface area contributed by atoms with E-state index in [0.717, 1.165) is 18.7 Å². The first-order chi connectivity index (χ1) is 9.24. The van der Waals surface area contributed by atoms with Gasteiger partial charge in [0, 0.05) is 11.9 Å². The largest absolute Gasteiger partial charge is 0.306 e. The maximum atomic E-state index is 4.42. The summed E-state index contributed by atoms with van der Waals surface area (Å²) in [6.07, 6.45) is 2.98. The van der Waals surface area contributed by atoms with Crippen LogP contribution in [0.3, 0.4) is 0 Å². The highest BCUT2D eigenvalue weighted by atomic mass is 14.9. The number of aromatic nitrogens is 1. The van der Waals surface area contributed by atoms with Gasteiger partial charge in [0.2, 0.25) is 0 Å². The van der Waals surface area contributed by atoms with Gasteiger partial charge in [0.25, 0.3) is 0 Å². The Hall–Kier alpha value is -1.67. The van der Waals surface area contributed by atoms with Gasteiger partial charge < -0.3 is 5.32 Å². The van der Waals surface area contributed by atoms with Crippen molar-refractivity contribution in [3.05, 3.63) is 65.0 Å². The van der Waals surface area contributed by atoms with E-state index in [2.05, 4.69) is 61.4 Å². The Balaban J connectivity index is 2.42. The van der Waals surface area contributed by atoms with Crippen LogP contribution in [0.4, 0.5) is 0 Å². The van der Waals surface area contributed by atoms with Crippen LogP contribution < -0.4 is 5.32 Å². The van der Waals surface area contributed by atoms with Crippen LogP contribution in [-0.4, -0.2) is 11.5 Å². The van der Waals surface area contributed by atoms with Gasteiger partial charge in [-0.05, 0) is 49.6 Å². The standard InChI is InChI=1S/C17H22N2/c1-4-11-19-17(15-9-6-5-8-13(15)2)16-10-7-12-18-14(16)3/h5-10,12,17,19H,4,11H2,1-3H3. The summed E-state index contributed by atoms with van der Waals surface area (Å²) in [6.45, 7) is 7.45. The predicted molar refractivity (Wildman–Crippen MR) is 80.3 cm³/mol. The van der Waals surface area contributed by atoms with Crippen LogP contribution in [0, 0.1) is 13.8 Å². The van der Waals surface area contributed by atoms with Crippen molar-refractivity contribution in [2.75, 3.05) is 6.54 Å². The molecule has 1 atom stereocenters. The second-order valence-corrected chi connectivity index (χ2v) is 4.92. The van der Waals surface area contributed by atoms with Crippen molar-refractivity contribution < 1.29 is 0 Å². The van der Waals surface area contributed by atoms with E-state index in [9.17, 15) is 0 Å². The summed E-state index contributed by atoms with van der Waals surface area (Å²) in [5.74, 6) is 0. The van der Waals surface area contributed by atoms with Crippen LogP contribution in [0.15, 0.2) is 42.6 Å². The maximum absolute atomic E-state index is 4.42. The van der Waals surface area contributed by atoms with Crippen LogP contribution in [0.2, 0.25) is 0 Å². The molecule has 0 radical (unpaired) electrons. The normalized spacial score (nSPS) is 12.4. The van der Waals surface area contributed by atoms with Gasteiger partial charge in [-0.2, -0.15) is 0 Å². The zero-order valence-electron chi connectivity index (χ0n) is 12.0. The molecule has 0 fully saturated rings. The Kier molecular flexibility index (Phi) is 4.69. The van der Waals surface area contributed by atoms with E-state index in [-0.39, 0.29) is 6.04 Å². The zero-order chi connectivity index (χ0) is 13.7. The summed E-state index contributed by atoms with van der Waals surface area (Å²) >= 11 is 0. The number of benzene rings is 1. The fourth-order valence-corrected chi connectivity index (χ4v) is 2.39. The first kappa shape index (κ1) is 13.8. The van der Waals surface area contributed by atoms with Crippen molar-refractivity contribution in [2.45, 2.75) is 33.2 Å². The molecule has 1 N–H and O–H groups in total. The molecule has 0 aliphatic rings. The van der Waals surface area contributed by atoms with Crippen LogP contribution in [0.1, 0.15) is 41.8 Å². The molecule has 2 heteroatoms. The van der Waals surface area contributed by atoms with Gasteiger partial charge in [-0.15, -0.1) is 0 Å². The van der Waals surface area contributed by atoms with Crippen LogP contribution in [0.25, 0.3) is 0 Å². The minimum atomic E-state index is 0.231. The van der Waals surface area contributed by atoms with E-state index in [1.54, 1.807) is 0 Å². The van der Waals surface area contributed by atoms with Gasteiger partial charge in [-0.3, -0.25) is 4.98 Å². The van der Waals surface area contributed by atoms with E-state index in [1.807, 2.05) is 12.3 Å². The molecule has 100 valence electrons. The predicted octanol–water partition coefficient (Wildman–Crippen LogP) is 3.79. The highest BCUT2D eigenvalue weighted by molar-refractivity contribution is 5.38. The molecular formula is C17H22N2. The Morgan fingerprint density at radius 2 is 1.79 bits per heavy atom. The summed E-state index contributed by atoms with van der Waals surface area (Å²) in [5.41, 5.74) is 5.02. The molecule has 0 saturated carbocycles. The van der Waals surface area contributed by atoms with E-state index in [1.165, 1.54) is 16.7 Å². The lowest BCUT2D eigenvalue weighted by Gasteiger charge is -2.22. The van der Waals surface area contributed by atoms with Gasteiger partial charge in [0.15, 0.2) is 0 Å².